The molecule has 0 aromatic carbocycles. The van der Waals surface area contributed by atoms with E-state index in [1.807, 2.05) is 6.92 Å². The van der Waals surface area contributed by atoms with E-state index in [2.05, 4.69) is 17.1 Å². The van der Waals surface area contributed by atoms with Crippen LogP contribution in [0.3, 0.4) is 0 Å². The molecule has 1 aliphatic rings. The maximum atomic E-state index is 11.7. The number of carbonyl (C=O) groups is 2. The van der Waals surface area contributed by atoms with Gasteiger partial charge >= 0.3 is 0 Å². The highest BCUT2D eigenvalue weighted by molar-refractivity contribution is 5.82. The highest BCUT2D eigenvalue weighted by Gasteiger charge is 2.41. The zero-order chi connectivity index (χ0) is 12.3. The number of nitrogens with one attached hydrogen (secondary N) is 1. The Hall–Kier alpha value is -0.900. The van der Waals surface area contributed by atoms with Gasteiger partial charge in [-0.2, -0.15) is 0 Å². The lowest BCUT2D eigenvalue weighted by Crippen LogP contribution is -2.41. The van der Waals surface area contributed by atoms with Crippen molar-refractivity contribution in [1.82, 2.24) is 10.2 Å². The van der Waals surface area contributed by atoms with E-state index in [1.54, 1.807) is 14.0 Å². The molecule has 0 aliphatic carbocycles. The minimum Gasteiger partial charge on any atom is -0.359 e. The molecule has 2 atom stereocenters. The van der Waals surface area contributed by atoms with Crippen LogP contribution >= 0.6 is 0 Å². The van der Waals surface area contributed by atoms with Crippen LogP contribution in [0.5, 0.6) is 0 Å². The van der Waals surface area contributed by atoms with Crippen molar-refractivity contribution in [2.45, 2.75) is 39.7 Å². The second kappa shape index (κ2) is 4.95. The quantitative estimate of drug-likeness (QED) is 0.772. The Balaban J connectivity index is 2.57. The van der Waals surface area contributed by atoms with E-state index in [9.17, 15) is 9.59 Å². The Morgan fingerprint density at radius 2 is 2.12 bits per heavy atom. The molecule has 0 aromatic heterocycles. The van der Waals surface area contributed by atoms with E-state index in [-0.39, 0.29) is 23.1 Å². The molecule has 0 spiro atoms. The summed E-state index contributed by atoms with van der Waals surface area (Å²) in [5, 5.41) is 2.72. The summed E-state index contributed by atoms with van der Waals surface area (Å²) in [5.41, 5.74) is -0.292. The molecule has 1 N–H and O–H groups in total. The lowest BCUT2D eigenvalue weighted by Gasteiger charge is -2.26. The highest BCUT2D eigenvalue weighted by Crippen LogP contribution is 2.31. The number of ketones is 1. The molecule has 4 nitrogen and oxygen atoms in total. The van der Waals surface area contributed by atoms with Gasteiger partial charge in [-0.15, -0.1) is 0 Å². The molecular weight excluding hydrogens is 204 g/mol. The molecule has 1 fully saturated rings. The third kappa shape index (κ3) is 2.82. The van der Waals surface area contributed by atoms with Gasteiger partial charge in [-0.1, -0.05) is 0 Å². The second-order valence-electron chi connectivity index (χ2n) is 5.12. The van der Waals surface area contributed by atoms with Gasteiger partial charge in [-0.25, -0.2) is 0 Å². The Kier molecular flexibility index (Phi) is 4.08. The van der Waals surface area contributed by atoms with Gasteiger partial charge in [0.05, 0.1) is 5.41 Å². The second-order valence-corrected chi connectivity index (χ2v) is 5.12. The van der Waals surface area contributed by atoms with Crippen molar-refractivity contribution in [3.05, 3.63) is 0 Å². The van der Waals surface area contributed by atoms with Crippen LogP contribution < -0.4 is 5.32 Å². The maximum Gasteiger partial charge on any atom is 0.227 e. The summed E-state index contributed by atoms with van der Waals surface area (Å²) in [6.07, 6.45) is 1.44. The molecule has 0 bridgehead atoms. The Bertz CT molecular complexity index is 291. The van der Waals surface area contributed by atoms with Crippen LogP contribution in [-0.4, -0.2) is 42.8 Å². The topological polar surface area (TPSA) is 49.4 Å². The molecule has 16 heavy (non-hydrogen) atoms. The van der Waals surface area contributed by atoms with Gasteiger partial charge in [-0.3, -0.25) is 14.5 Å². The number of hydrogen-bond donors (Lipinski definition) is 1. The van der Waals surface area contributed by atoms with E-state index < -0.39 is 0 Å². The normalized spacial score (nSPS) is 27.8. The van der Waals surface area contributed by atoms with Crippen molar-refractivity contribution in [3.63, 3.8) is 0 Å². The molecule has 4 heteroatoms. The average molecular weight is 226 g/mol. The Labute approximate surface area is 97.4 Å². The molecule has 2 unspecified atom stereocenters. The smallest absolute Gasteiger partial charge is 0.227 e. The lowest BCUT2D eigenvalue weighted by atomic mass is 9.89. The van der Waals surface area contributed by atoms with E-state index in [0.717, 1.165) is 19.5 Å². The zero-order valence-electron chi connectivity index (χ0n) is 10.7. The van der Waals surface area contributed by atoms with Gasteiger partial charge in [0.25, 0.3) is 0 Å². The number of likely N-dealkylation sites (tertiary alicyclic amines) is 1. The molecule has 0 saturated carbocycles. The van der Waals surface area contributed by atoms with Gasteiger partial charge in [0.2, 0.25) is 5.91 Å². The molecule has 1 amide bonds. The lowest BCUT2D eigenvalue weighted by molar-refractivity contribution is -0.129. The summed E-state index contributed by atoms with van der Waals surface area (Å²) in [7, 11) is 1.68. The number of nitrogens with zero attached hydrogens (tertiary/aromatic N) is 1. The van der Waals surface area contributed by atoms with Gasteiger partial charge < -0.3 is 5.32 Å². The molecule has 1 aliphatic heterocycles. The highest BCUT2D eigenvalue weighted by atomic mass is 16.2. The molecule has 1 heterocycles. The largest absolute Gasteiger partial charge is 0.359 e. The van der Waals surface area contributed by atoms with Crippen LogP contribution in [0.25, 0.3) is 0 Å². The van der Waals surface area contributed by atoms with Gasteiger partial charge in [0, 0.05) is 26.1 Å². The fourth-order valence-corrected chi connectivity index (χ4v) is 2.41. The maximum absolute atomic E-state index is 11.7. The number of carbonyl (C=O) groups excluding carboxylic acids is 2. The zero-order valence-corrected chi connectivity index (χ0v) is 10.7. The summed E-state index contributed by atoms with van der Waals surface area (Å²) >= 11 is 0. The monoisotopic (exact) mass is 226 g/mol. The van der Waals surface area contributed by atoms with Crippen LogP contribution in [0.1, 0.15) is 33.6 Å². The number of Topliss-reactive ketones (excluding diaryl/α,β-unsaturated/α-hetero) is 1. The van der Waals surface area contributed by atoms with E-state index >= 15 is 0 Å². The fourth-order valence-electron chi connectivity index (χ4n) is 2.41. The van der Waals surface area contributed by atoms with E-state index in [0.29, 0.717) is 6.42 Å². The predicted molar refractivity (Wildman–Crippen MR) is 63.1 cm³/mol. The average Bonchev–Trinajstić information content (AvgIpc) is 2.60. The third-order valence-corrected chi connectivity index (χ3v) is 3.48. The van der Waals surface area contributed by atoms with Crippen LogP contribution in [0.15, 0.2) is 0 Å². The number of amides is 1. The molecule has 0 radical (unpaired) electrons. The molecular formula is C12H22N2O2. The van der Waals surface area contributed by atoms with Gasteiger partial charge in [0.15, 0.2) is 0 Å². The predicted octanol–water partition coefficient (Wildman–Crippen LogP) is 0.812. The third-order valence-electron chi connectivity index (χ3n) is 3.48. The summed E-state index contributed by atoms with van der Waals surface area (Å²) < 4.78 is 0. The first-order chi connectivity index (χ1) is 7.39. The standard InChI is InChI=1S/C12H22N2O2/c1-9(7-10(2)15)14-6-5-12(3,8-14)11(16)13-4/h9H,5-8H2,1-4H3,(H,13,16). The SMILES string of the molecule is CNC(=O)C1(C)CCN(C(C)CC(C)=O)C1. The van der Waals surface area contributed by atoms with Crippen molar-refractivity contribution in [1.29, 1.82) is 0 Å². The Morgan fingerprint density at radius 1 is 1.50 bits per heavy atom. The first kappa shape index (κ1) is 13.2. The first-order valence-corrected chi connectivity index (χ1v) is 5.85. The van der Waals surface area contributed by atoms with Gasteiger partial charge in [0.1, 0.15) is 5.78 Å². The van der Waals surface area contributed by atoms with Crippen LogP contribution in [-0.2, 0) is 9.59 Å². The van der Waals surface area contributed by atoms with Crippen molar-refractivity contribution in [3.8, 4) is 0 Å². The minimum absolute atomic E-state index is 0.102. The van der Waals surface area contributed by atoms with E-state index in [4.69, 9.17) is 0 Å². The van der Waals surface area contributed by atoms with Crippen LogP contribution in [0.2, 0.25) is 0 Å². The minimum atomic E-state index is -0.292. The fraction of sp³-hybridized carbons (Fsp3) is 0.833. The van der Waals surface area contributed by atoms with Gasteiger partial charge in [-0.05, 0) is 33.7 Å². The van der Waals surface area contributed by atoms with Crippen molar-refractivity contribution < 1.29 is 9.59 Å². The summed E-state index contributed by atoms with van der Waals surface area (Å²) in [6, 6.07) is 0.240. The molecule has 92 valence electrons. The molecule has 1 saturated heterocycles. The Morgan fingerprint density at radius 3 is 2.62 bits per heavy atom. The van der Waals surface area contributed by atoms with Crippen molar-refractivity contribution in [2.24, 2.45) is 5.41 Å². The molecule has 0 aromatic rings. The van der Waals surface area contributed by atoms with Crippen LogP contribution in [0, 0.1) is 5.41 Å². The van der Waals surface area contributed by atoms with Crippen LogP contribution in [0.4, 0.5) is 0 Å². The van der Waals surface area contributed by atoms with Crippen molar-refractivity contribution in [2.75, 3.05) is 20.1 Å². The summed E-state index contributed by atoms with van der Waals surface area (Å²) in [6.45, 7) is 7.31. The van der Waals surface area contributed by atoms with E-state index in [1.165, 1.54) is 0 Å². The van der Waals surface area contributed by atoms with Crippen molar-refractivity contribution >= 4 is 11.7 Å². The summed E-state index contributed by atoms with van der Waals surface area (Å²) in [5.74, 6) is 0.311. The number of rotatable bonds is 4. The number of hydrogen-bond acceptors (Lipinski definition) is 3. The first-order valence-electron chi connectivity index (χ1n) is 5.85. The summed E-state index contributed by atoms with van der Waals surface area (Å²) in [4.78, 5) is 25.0. The molecule has 1 rings (SSSR count).